The maximum absolute atomic E-state index is 12.1. The highest BCUT2D eigenvalue weighted by Crippen LogP contribution is 2.10. The molecule has 3 rings (SSSR count). The first-order valence-electron chi connectivity index (χ1n) is 9.77. The fourth-order valence-electron chi connectivity index (χ4n) is 3.36. The summed E-state index contributed by atoms with van der Waals surface area (Å²) in [7, 11) is -3.69. The van der Waals surface area contributed by atoms with Gasteiger partial charge in [-0.15, -0.1) is 0 Å². The molecule has 2 aromatic carbocycles. The molecule has 0 atom stereocenters. The van der Waals surface area contributed by atoms with E-state index in [9.17, 15) is 13.2 Å². The second kappa shape index (κ2) is 9.98. The average molecular weight is 417 g/mol. The van der Waals surface area contributed by atoms with Crippen molar-refractivity contribution in [2.24, 2.45) is 5.14 Å². The molecule has 0 aromatic heterocycles. The van der Waals surface area contributed by atoms with E-state index in [2.05, 4.69) is 39.4 Å². The Hall–Kier alpha value is -2.26. The number of nitrogens with zero attached hydrogens (tertiary/aromatic N) is 2. The maximum atomic E-state index is 12.1. The van der Waals surface area contributed by atoms with Crippen LogP contribution in [0.3, 0.4) is 0 Å². The van der Waals surface area contributed by atoms with Gasteiger partial charge >= 0.3 is 0 Å². The number of nitrogens with two attached hydrogens (primary N) is 1. The van der Waals surface area contributed by atoms with Crippen molar-refractivity contribution in [3.63, 3.8) is 0 Å². The van der Waals surface area contributed by atoms with Crippen molar-refractivity contribution in [1.29, 1.82) is 0 Å². The van der Waals surface area contributed by atoms with E-state index in [1.165, 1.54) is 17.7 Å². The summed E-state index contributed by atoms with van der Waals surface area (Å²) in [5.74, 6) is -0.00719. The Morgan fingerprint density at radius 1 is 0.897 bits per heavy atom. The first-order chi connectivity index (χ1) is 13.9. The van der Waals surface area contributed by atoms with Crippen LogP contribution >= 0.6 is 0 Å². The van der Waals surface area contributed by atoms with Crippen molar-refractivity contribution >= 4 is 15.9 Å². The molecule has 29 heavy (non-hydrogen) atoms. The number of rotatable bonds is 8. The van der Waals surface area contributed by atoms with Crippen LogP contribution in [-0.4, -0.2) is 56.8 Å². The summed E-state index contributed by atoms with van der Waals surface area (Å²) < 4.78 is 22.5. The summed E-state index contributed by atoms with van der Waals surface area (Å²) in [4.78, 5) is 17.0. The molecule has 0 saturated carbocycles. The lowest BCUT2D eigenvalue weighted by Crippen LogP contribution is -2.46. The Balaban J connectivity index is 1.34. The highest BCUT2D eigenvalue weighted by atomic mass is 32.2. The van der Waals surface area contributed by atoms with Crippen LogP contribution in [0.25, 0.3) is 0 Å². The van der Waals surface area contributed by atoms with E-state index in [0.29, 0.717) is 13.0 Å². The summed E-state index contributed by atoms with van der Waals surface area (Å²) in [5.41, 5.74) is 2.16. The Morgan fingerprint density at radius 3 is 2.14 bits per heavy atom. The van der Waals surface area contributed by atoms with Crippen LogP contribution in [0, 0.1) is 0 Å². The molecule has 1 aliphatic heterocycles. The molecule has 0 bridgehead atoms. The second-order valence-electron chi connectivity index (χ2n) is 7.32. The molecule has 0 radical (unpaired) electrons. The van der Waals surface area contributed by atoms with Gasteiger partial charge in [-0.1, -0.05) is 42.5 Å². The van der Waals surface area contributed by atoms with Gasteiger partial charge in [0.05, 0.1) is 4.90 Å². The Kier molecular flexibility index (Phi) is 7.38. The van der Waals surface area contributed by atoms with E-state index >= 15 is 0 Å². The van der Waals surface area contributed by atoms with Crippen molar-refractivity contribution in [3.8, 4) is 0 Å². The molecule has 2 aromatic rings. The van der Waals surface area contributed by atoms with Gasteiger partial charge in [0.15, 0.2) is 0 Å². The van der Waals surface area contributed by atoms with Crippen molar-refractivity contribution in [2.45, 2.75) is 24.4 Å². The van der Waals surface area contributed by atoms with Gasteiger partial charge < -0.3 is 10.2 Å². The fourth-order valence-corrected chi connectivity index (χ4v) is 3.87. The minimum atomic E-state index is -3.69. The molecule has 0 unspecified atom stereocenters. The third-order valence-corrected chi connectivity index (χ3v) is 6.04. The van der Waals surface area contributed by atoms with E-state index < -0.39 is 10.0 Å². The van der Waals surface area contributed by atoms with Gasteiger partial charge in [0.1, 0.15) is 0 Å². The van der Waals surface area contributed by atoms with Crippen LogP contribution in [0.4, 0.5) is 0 Å². The average Bonchev–Trinajstić information content (AvgIpc) is 2.72. The molecule has 8 heteroatoms. The molecular formula is C21H28N4O3S. The van der Waals surface area contributed by atoms with E-state index in [0.717, 1.165) is 44.8 Å². The number of carbonyl (C=O) groups is 1. The molecule has 1 saturated heterocycles. The number of primary sulfonamides is 1. The first kappa shape index (κ1) is 21.4. The summed E-state index contributed by atoms with van der Waals surface area (Å²) in [6.07, 6.45) is 0.452. The summed E-state index contributed by atoms with van der Waals surface area (Å²) in [5, 5.41) is 7.96. The highest BCUT2D eigenvalue weighted by Gasteiger charge is 2.17. The van der Waals surface area contributed by atoms with E-state index in [-0.39, 0.29) is 10.8 Å². The van der Waals surface area contributed by atoms with Crippen LogP contribution in [0.2, 0.25) is 0 Å². The summed E-state index contributed by atoms with van der Waals surface area (Å²) in [6, 6.07) is 16.7. The number of carbonyl (C=O) groups excluding carboxylic acids is 1. The molecule has 3 N–H and O–H groups in total. The third-order valence-electron chi connectivity index (χ3n) is 5.11. The maximum Gasteiger partial charge on any atom is 0.238 e. The number of hydrogen-bond donors (Lipinski definition) is 2. The molecule has 7 nitrogen and oxygen atoms in total. The van der Waals surface area contributed by atoms with Gasteiger partial charge in [0, 0.05) is 52.2 Å². The first-order valence-corrected chi connectivity index (χ1v) is 11.3. The number of sulfonamides is 1. The SMILES string of the molecule is NS(=O)(=O)c1ccc(CNC(=O)CCN2CCN(Cc3ccccc3)CC2)cc1. The van der Waals surface area contributed by atoms with Gasteiger partial charge in [-0.25, -0.2) is 13.6 Å². The number of nitrogens with one attached hydrogen (secondary N) is 1. The van der Waals surface area contributed by atoms with Crippen LogP contribution in [-0.2, 0) is 27.9 Å². The molecule has 0 spiro atoms. The fraction of sp³-hybridized carbons (Fsp3) is 0.381. The van der Waals surface area contributed by atoms with Crippen LogP contribution < -0.4 is 10.5 Å². The Bertz CT molecular complexity index is 893. The standard InChI is InChI=1S/C21H28N4O3S/c22-29(27,28)20-8-6-18(7-9-20)16-23-21(26)10-11-24-12-14-25(15-13-24)17-19-4-2-1-3-5-19/h1-9H,10-17H2,(H,23,26)(H2,22,27,28). The molecule has 156 valence electrons. The van der Waals surface area contributed by atoms with Crippen molar-refractivity contribution in [1.82, 2.24) is 15.1 Å². The van der Waals surface area contributed by atoms with Crippen LogP contribution in [0.15, 0.2) is 59.5 Å². The summed E-state index contributed by atoms with van der Waals surface area (Å²) in [6.45, 7) is 6.04. The monoisotopic (exact) mass is 416 g/mol. The highest BCUT2D eigenvalue weighted by molar-refractivity contribution is 7.89. The van der Waals surface area contributed by atoms with E-state index in [1.807, 2.05) is 6.07 Å². The topological polar surface area (TPSA) is 95.7 Å². The van der Waals surface area contributed by atoms with Gasteiger partial charge in [-0.3, -0.25) is 9.69 Å². The van der Waals surface area contributed by atoms with E-state index in [4.69, 9.17) is 5.14 Å². The van der Waals surface area contributed by atoms with Crippen molar-refractivity contribution in [3.05, 3.63) is 65.7 Å². The molecule has 1 heterocycles. The largest absolute Gasteiger partial charge is 0.352 e. The Morgan fingerprint density at radius 2 is 1.52 bits per heavy atom. The van der Waals surface area contributed by atoms with E-state index in [1.54, 1.807) is 12.1 Å². The predicted octanol–water partition coefficient (Wildman–Crippen LogP) is 1.16. The molecule has 1 fully saturated rings. The zero-order chi connectivity index (χ0) is 20.7. The number of piperazine rings is 1. The quantitative estimate of drug-likeness (QED) is 0.673. The van der Waals surface area contributed by atoms with Gasteiger partial charge in [0.25, 0.3) is 0 Å². The molecular weight excluding hydrogens is 388 g/mol. The predicted molar refractivity (Wildman–Crippen MR) is 112 cm³/mol. The number of amides is 1. The normalized spacial score (nSPS) is 15.9. The van der Waals surface area contributed by atoms with Gasteiger partial charge in [-0.2, -0.15) is 0 Å². The molecule has 1 amide bonds. The lowest BCUT2D eigenvalue weighted by molar-refractivity contribution is -0.121. The minimum absolute atomic E-state index is 0.00719. The minimum Gasteiger partial charge on any atom is -0.352 e. The Labute approximate surface area is 172 Å². The van der Waals surface area contributed by atoms with Crippen molar-refractivity contribution < 1.29 is 13.2 Å². The second-order valence-corrected chi connectivity index (χ2v) is 8.88. The summed E-state index contributed by atoms with van der Waals surface area (Å²) >= 11 is 0. The van der Waals surface area contributed by atoms with Crippen LogP contribution in [0.5, 0.6) is 0 Å². The number of benzene rings is 2. The van der Waals surface area contributed by atoms with Crippen LogP contribution in [0.1, 0.15) is 17.5 Å². The number of hydrogen-bond acceptors (Lipinski definition) is 5. The smallest absolute Gasteiger partial charge is 0.238 e. The zero-order valence-electron chi connectivity index (χ0n) is 16.5. The molecule has 1 aliphatic rings. The molecule has 0 aliphatic carbocycles. The third kappa shape index (κ3) is 6.93. The lowest BCUT2D eigenvalue weighted by Gasteiger charge is -2.34. The van der Waals surface area contributed by atoms with Gasteiger partial charge in [-0.05, 0) is 23.3 Å². The van der Waals surface area contributed by atoms with Crippen molar-refractivity contribution in [2.75, 3.05) is 32.7 Å². The van der Waals surface area contributed by atoms with Gasteiger partial charge in [0.2, 0.25) is 15.9 Å². The zero-order valence-corrected chi connectivity index (χ0v) is 17.3. The lowest BCUT2D eigenvalue weighted by atomic mass is 10.2.